The molecule has 1 rings (SSSR count). The van der Waals surface area contributed by atoms with Crippen molar-refractivity contribution in [2.75, 3.05) is 0 Å². The van der Waals surface area contributed by atoms with Crippen LogP contribution in [-0.2, 0) is 9.59 Å². The van der Waals surface area contributed by atoms with Gasteiger partial charge in [-0.15, -0.1) is 0 Å². The Morgan fingerprint density at radius 1 is 1.24 bits per heavy atom. The second-order valence-corrected chi connectivity index (χ2v) is 5.23. The normalized spacial score (nSPS) is 11.7. The van der Waals surface area contributed by atoms with E-state index in [9.17, 15) is 19.5 Å². The van der Waals surface area contributed by atoms with Crippen LogP contribution < -0.4 is 5.32 Å². The van der Waals surface area contributed by atoms with E-state index in [1.54, 1.807) is 0 Å². The summed E-state index contributed by atoms with van der Waals surface area (Å²) in [5.41, 5.74) is -0.0612. The van der Waals surface area contributed by atoms with Crippen molar-refractivity contribution < 1.29 is 29.7 Å². The van der Waals surface area contributed by atoms with Gasteiger partial charge in [0, 0.05) is 10.9 Å². The highest BCUT2D eigenvalue weighted by atomic mass is 79.9. The second-order valence-electron chi connectivity index (χ2n) is 4.31. The molecule has 0 heterocycles. The van der Waals surface area contributed by atoms with Gasteiger partial charge in [0.2, 0.25) is 0 Å². The van der Waals surface area contributed by atoms with E-state index in [0.717, 1.165) is 0 Å². The smallest absolute Gasteiger partial charge is 0.326 e. The average Bonchev–Trinajstić information content (AvgIpc) is 2.39. The first-order valence-corrected chi connectivity index (χ1v) is 6.84. The van der Waals surface area contributed by atoms with Gasteiger partial charge in [0.15, 0.2) is 0 Å². The lowest BCUT2D eigenvalue weighted by molar-refractivity contribution is -0.140. The predicted molar refractivity (Wildman–Crippen MR) is 76.2 cm³/mol. The third kappa shape index (κ3) is 5.42. The summed E-state index contributed by atoms with van der Waals surface area (Å²) in [6.45, 7) is 0. The first-order chi connectivity index (χ1) is 9.81. The zero-order valence-corrected chi connectivity index (χ0v) is 12.5. The molecular weight excluding hydrogens is 346 g/mol. The Balaban J connectivity index is 2.74. The number of carboxylic acid groups (broad SMARTS) is 2. The van der Waals surface area contributed by atoms with Crippen LogP contribution in [0.3, 0.4) is 0 Å². The number of aromatic hydroxyl groups is 1. The minimum absolute atomic E-state index is 0.0118. The van der Waals surface area contributed by atoms with E-state index in [0.29, 0.717) is 4.47 Å². The van der Waals surface area contributed by atoms with Gasteiger partial charge in [-0.3, -0.25) is 9.59 Å². The van der Waals surface area contributed by atoms with Crippen LogP contribution in [0.1, 0.15) is 29.6 Å². The van der Waals surface area contributed by atoms with Crippen molar-refractivity contribution >= 4 is 33.8 Å². The molecule has 0 bridgehead atoms. The molecule has 114 valence electrons. The van der Waals surface area contributed by atoms with Gasteiger partial charge in [-0.05, 0) is 31.0 Å². The number of amides is 1. The fraction of sp³-hybridized carbons (Fsp3) is 0.308. The summed E-state index contributed by atoms with van der Waals surface area (Å²) in [5.74, 6) is -3.31. The van der Waals surface area contributed by atoms with Gasteiger partial charge in [-0.25, -0.2) is 4.79 Å². The van der Waals surface area contributed by atoms with Gasteiger partial charge in [0.1, 0.15) is 11.8 Å². The van der Waals surface area contributed by atoms with E-state index < -0.39 is 23.9 Å². The van der Waals surface area contributed by atoms with Crippen molar-refractivity contribution in [2.24, 2.45) is 0 Å². The molecule has 1 aromatic rings. The number of hydrogen-bond acceptors (Lipinski definition) is 4. The molecule has 0 saturated carbocycles. The summed E-state index contributed by atoms with van der Waals surface area (Å²) in [6.07, 6.45) is -0.0685. The van der Waals surface area contributed by atoms with Gasteiger partial charge in [-0.1, -0.05) is 15.9 Å². The number of rotatable bonds is 7. The molecule has 0 aliphatic rings. The monoisotopic (exact) mass is 359 g/mol. The largest absolute Gasteiger partial charge is 0.507 e. The zero-order valence-electron chi connectivity index (χ0n) is 10.9. The molecule has 0 aromatic heterocycles. The highest BCUT2D eigenvalue weighted by Crippen LogP contribution is 2.22. The summed E-state index contributed by atoms with van der Waals surface area (Å²) in [7, 11) is 0. The minimum Gasteiger partial charge on any atom is -0.507 e. The third-order valence-electron chi connectivity index (χ3n) is 2.69. The fourth-order valence-corrected chi connectivity index (χ4v) is 2.00. The maximum Gasteiger partial charge on any atom is 0.326 e. The van der Waals surface area contributed by atoms with Crippen LogP contribution in [0.15, 0.2) is 22.7 Å². The summed E-state index contributed by atoms with van der Waals surface area (Å²) in [6, 6.07) is 2.99. The minimum atomic E-state index is -1.26. The molecule has 0 unspecified atom stereocenters. The maximum absolute atomic E-state index is 12.0. The Labute approximate surface area is 128 Å². The number of phenolic OH excluding ortho intramolecular Hbond substituents is 1. The number of carbonyl (C=O) groups excluding carboxylic acids is 1. The second kappa shape index (κ2) is 7.63. The van der Waals surface area contributed by atoms with Crippen molar-refractivity contribution in [3.05, 3.63) is 28.2 Å². The first-order valence-electron chi connectivity index (χ1n) is 6.05. The number of halogens is 1. The molecule has 1 aromatic carbocycles. The standard InChI is InChI=1S/C13H14BrNO6/c14-7-4-5-10(16)8(6-7)12(19)15-9(13(20)21)2-1-3-11(17)18/h4-6,9,16H,1-3H2,(H,15,19)(H,17,18)(H,20,21)/t9-/m1/s1. The van der Waals surface area contributed by atoms with E-state index in [1.165, 1.54) is 18.2 Å². The maximum atomic E-state index is 12.0. The number of phenols is 1. The molecule has 1 atom stereocenters. The Kier molecular flexibility index (Phi) is 6.16. The number of hydrogen-bond donors (Lipinski definition) is 4. The van der Waals surface area contributed by atoms with Crippen molar-refractivity contribution in [3.63, 3.8) is 0 Å². The summed E-state index contributed by atoms with van der Waals surface area (Å²) < 4.78 is 0.559. The van der Waals surface area contributed by atoms with Crippen LogP contribution in [0, 0.1) is 0 Å². The molecule has 8 heteroatoms. The van der Waals surface area contributed by atoms with Crippen molar-refractivity contribution in [1.82, 2.24) is 5.32 Å². The van der Waals surface area contributed by atoms with Crippen LogP contribution in [0.25, 0.3) is 0 Å². The Bertz CT molecular complexity index is 560. The number of benzene rings is 1. The third-order valence-corrected chi connectivity index (χ3v) is 3.18. The first kappa shape index (κ1) is 17.0. The Morgan fingerprint density at radius 2 is 1.90 bits per heavy atom. The molecule has 0 aliphatic heterocycles. The van der Waals surface area contributed by atoms with Crippen LogP contribution >= 0.6 is 15.9 Å². The van der Waals surface area contributed by atoms with Crippen molar-refractivity contribution in [1.29, 1.82) is 0 Å². The van der Waals surface area contributed by atoms with Crippen LogP contribution in [-0.4, -0.2) is 39.2 Å². The topological polar surface area (TPSA) is 124 Å². The molecule has 4 N–H and O–H groups in total. The lowest BCUT2D eigenvalue weighted by Crippen LogP contribution is -2.40. The molecular formula is C13H14BrNO6. The van der Waals surface area contributed by atoms with Gasteiger partial charge in [0.25, 0.3) is 5.91 Å². The number of carboxylic acids is 2. The number of nitrogens with one attached hydrogen (secondary N) is 1. The highest BCUT2D eigenvalue weighted by Gasteiger charge is 2.22. The molecule has 0 fully saturated rings. The highest BCUT2D eigenvalue weighted by molar-refractivity contribution is 9.10. The van der Waals surface area contributed by atoms with E-state index in [1.807, 2.05) is 0 Å². The molecule has 7 nitrogen and oxygen atoms in total. The summed E-state index contributed by atoms with van der Waals surface area (Å²) >= 11 is 3.14. The molecule has 0 radical (unpaired) electrons. The fourth-order valence-electron chi connectivity index (χ4n) is 1.64. The lowest BCUT2D eigenvalue weighted by Gasteiger charge is -2.14. The van der Waals surface area contributed by atoms with Gasteiger partial charge >= 0.3 is 11.9 Å². The van der Waals surface area contributed by atoms with E-state index in [-0.39, 0.29) is 30.6 Å². The zero-order chi connectivity index (χ0) is 16.0. The lowest BCUT2D eigenvalue weighted by atomic mass is 10.1. The van der Waals surface area contributed by atoms with Crippen LogP contribution in [0.5, 0.6) is 5.75 Å². The van der Waals surface area contributed by atoms with Gasteiger partial charge in [0.05, 0.1) is 5.56 Å². The van der Waals surface area contributed by atoms with Crippen molar-refractivity contribution in [3.8, 4) is 5.75 Å². The van der Waals surface area contributed by atoms with E-state index >= 15 is 0 Å². The molecule has 21 heavy (non-hydrogen) atoms. The number of carbonyl (C=O) groups is 3. The molecule has 1 amide bonds. The van der Waals surface area contributed by atoms with Gasteiger partial charge < -0.3 is 20.6 Å². The number of aliphatic carboxylic acids is 2. The summed E-state index contributed by atoms with van der Waals surface area (Å²) in [5, 5.41) is 29.4. The SMILES string of the molecule is O=C(O)CCC[C@@H](NC(=O)c1cc(Br)ccc1O)C(=O)O. The Morgan fingerprint density at radius 3 is 2.48 bits per heavy atom. The molecule has 0 spiro atoms. The average molecular weight is 360 g/mol. The summed E-state index contributed by atoms with van der Waals surface area (Å²) in [4.78, 5) is 33.4. The van der Waals surface area contributed by atoms with Crippen molar-refractivity contribution in [2.45, 2.75) is 25.3 Å². The van der Waals surface area contributed by atoms with Crippen LogP contribution in [0.4, 0.5) is 0 Å². The van der Waals surface area contributed by atoms with Crippen LogP contribution in [0.2, 0.25) is 0 Å². The van der Waals surface area contributed by atoms with E-state index in [2.05, 4.69) is 21.2 Å². The van der Waals surface area contributed by atoms with E-state index in [4.69, 9.17) is 10.2 Å². The van der Waals surface area contributed by atoms with Gasteiger partial charge in [-0.2, -0.15) is 0 Å². The molecule has 0 aliphatic carbocycles. The molecule has 0 saturated heterocycles. The Hall–Kier alpha value is -2.09. The quantitative estimate of drug-likeness (QED) is 0.586. The predicted octanol–water partition coefficient (Wildman–Crippen LogP) is 1.59.